The second kappa shape index (κ2) is 7.13. The van der Waals surface area contributed by atoms with E-state index in [1.807, 2.05) is 31.2 Å². The highest BCUT2D eigenvalue weighted by Crippen LogP contribution is 2.29. The zero-order valence-corrected chi connectivity index (χ0v) is 13.8. The summed E-state index contributed by atoms with van der Waals surface area (Å²) in [6.45, 7) is 2.07. The molecule has 1 aromatic rings. The van der Waals surface area contributed by atoms with Crippen LogP contribution in [0, 0.1) is 0 Å². The third-order valence-corrected chi connectivity index (χ3v) is 4.89. The molecule has 2 amide bonds. The number of nitrogens with one attached hydrogen (secondary N) is 1. The topological polar surface area (TPSA) is 66.0 Å². The largest absolute Gasteiger partial charge is 0.334 e. The molecule has 1 heterocycles. The number of carbonyl (C=O) groups excluding carboxylic acids is 2. The average molecular weight is 316 g/mol. The molecular formula is C18H26N3O2+. The van der Waals surface area contributed by atoms with Crippen molar-refractivity contribution in [3.05, 3.63) is 24.3 Å². The Morgan fingerprint density at radius 1 is 1.22 bits per heavy atom. The number of hydrogen-bond acceptors (Lipinski definition) is 2. The molecule has 1 aliphatic carbocycles. The fraction of sp³-hybridized carbons (Fsp3) is 0.556. The molecule has 1 aliphatic heterocycles. The maximum atomic E-state index is 12.9. The molecule has 1 saturated carbocycles. The summed E-state index contributed by atoms with van der Waals surface area (Å²) in [6, 6.07) is 7.88. The first kappa shape index (κ1) is 16.0. The van der Waals surface area contributed by atoms with Gasteiger partial charge in [0.1, 0.15) is 6.54 Å². The van der Waals surface area contributed by atoms with Gasteiger partial charge in [0.25, 0.3) is 5.91 Å². The van der Waals surface area contributed by atoms with Crippen molar-refractivity contribution in [1.82, 2.24) is 0 Å². The minimum absolute atomic E-state index is 0.0246. The molecule has 0 unspecified atom stereocenters. The molecule has 0 bridgehead atoms. The van der Waals surface area contributed by atoms with Gasteiger partial charge in [0.2, 0.25) is 5.91 Å². The van der Waals surface area contributed by atoms with Crippen LogP contribution in [-0.4, -0.2) is 30.4 Å². The van der Waals surface area contributed by atoms with E-state index in [1.165, 1.54) is 38.5 Å². The van der Waals surface area contributed by atoms with Crippen LogP contribution in [0.4, 0.5) is 11.4 Å². The number of para-hydroxylation sites is 2. The summed E-state index contributed by atoms with van der Waals surface area (Å²) in [7, 11) is 0. The number of hydrogen-bond donors (Lipinski definition) is 2. The summed E-state index contributed by atoms with van der Waals surface area (Å²) in [5, 5.41) is 5.04. The van der Waals surface area contributed by atoms with E-state index in [1.54, 1.807) is 4.90 Å². The third kappa shape index (κ3) is 3.72. The normalized spacial score (nSPS) is 20.4. The highest BCUT2D eigenvalue weighted by Gasteiger charge is 2.32. The second-order valence-corrected chi connectivity index (χ2v) is 6.72. The van der Waals surface area contributed by atoms with Gasteiger partial charge < -0.3 is 10.6 Å². The zero-order valence-electron chi connectivity index (χ0n) is 13.8. The summed E-state index contributed by atoms with van der Waals surface area (Å²) < 4.78 is 0. The number of nitrogens with zero attached hydrogens (tertiary/aromatic N) is 1. The van der Waals surface area contributed by atoms with Crippen LogP contribution in [0.25, 0.3) is 0 Å². The van der Waals surface area contributed by atoms with E-state index in [0.29, 0.717) is 6.04 Å². The van der Waals surface area contributed by atoms with Gasteiger partial charge in [0.05, 0.1) is 17.4 Å². The third-order valence-electron chi connectivity index (χ3n) is 4.89. The summed E-state index contributed by atoms with van der Waals surface area (Å²) in [5.41, 5.74) is 1.52. The first-order chi connectivity index (χ1) is 11.1. The van der Waals surface area contributed by atoms with E-state index in [0.717, 1.165) is 11.4 Å². The molecule has 5 heteroatoms. The van der Waals surface area contributed by atoms with Crippen molar-refractivity contribution in [1.29, 1.82) is 0 Å². The highest BCUT2D eigenvalue weighted by molar-refractivity contribution is 6.10. The molecular weight excluding hydrogens is 290 g/mol. The van der Waals surface area contributed by atoms with Crippen LogP contribution < -0.4 is 15.5 Å². The van der Waals surface area contributed by atoms with Crippen molar-refractivity contribution in [2.24, 2.45) is 0 Å². The lowest BCUT2D eigenvalue weighted by molar-refractivity contribution is -0.707. The molecule has 0 saturated heterocycles. The molecule has 124 valence electrons. The Balaban J connectivity index is 1.70. The molecule has 1 fully saturated rings. The molecule has 3 rings (SSSR count). The van der Waals surface area contributed by atoms with E-state index in [4.69, 9.17) is 0 Å². The number of nitrogens with two attached hydrogens (primary N) is 1. The van der Waals surface area contributed by atoms with Crippen molar-refractivity contribution in [3.8, 4) is 0 Å². The van der Waals surface area contributed by atoms with Crippen molar-refractivity contribution < 1.29 is 14.9 Å². The summed E-state index contributed by atoms with van der Waals surface area (Å²) in [4.78, 5) is 26.4. The first-order valence-corrected chi connectivity index (χ1v) is 8.70. The Morgan fingerprint density at radius 3 is 2.65 bits per heavy atom. The summed E-state index contributed by atoms with van der Waals surface area (Å²) >= 11 is 0. The summed E-state index contributed by atoms with van der Waals surface area (Å²) in [5.74, 6) is -0.102. The van der Waals surface area contributed by atoms with Crippen molar-refractivity contribution in [3.63, 3.8) is 0 Å². The summed E-state index contributed by atoms with van der Waals surface area (Å²) in [6.07, 6.45) is 7.52. The molecule has 23 heavy (non-hydrogen) atoms. The average Bonchev–Trinajstić information content (AvgIpc) is 2.82. The predicted molar refractivity (Wildman–Crippen MR) is 90.3 cm³/mol. The molecule has 2 aliphatic rings. The van der Waals surface area contributed by atoms with Crippen LogP contribution in [0.3, 0.4) is 0 Å². The van der Waals surface area contributed by atoms with E-state index >= 15 is 0 Å². The maximum Gasteiger partial charge on any atom is 0.285 e. The Morgan fingerprint density at radius 2 is 1.91 bits per heavy atom. The number of carbonyl (C=O) groups is 2. The Kier molecular flexibility index (Phi) is 4.96. The molecule has 3 N–H and O–H groups in total. The van der Waals surface area contributed by atoms with Gasteiger partial charge in [0, 0.05) is 0 Å². The van der Waals surface area contributed by atoms with E-state index in [2.05, 4.69) is 10.6 Å². The number of anilines is 2. The molecule has 1 atom stereocenters. The Bertz CT molecular complexity index is 579. The monoisotopic (exact) mass is 316 g/mol. The quantitative estimate of drug-likeness (QED) is 0.833. The van der Waals surface area contributed by atoms with E-state index in [9.17, 15) is 9.59 Å². The maximum absolute atomic E-state index is 12.9. The van der Waals surface area contributed by atoms with Gasteiger partial charge >= 0.3 is 0 Å². The van der Waals surface area contributed by atoms with Crippen molar-refractivity contribution >= 4 is 23.2 Å². The fourth-order valence-corrected chi connectivity index (χ4v) is 3.67. The van der Waals surface area contributed by atoms with Gasteiger partial charge in [-0.25, -0.2) is 0 Å². The molecule has 0 aromatic heterocycles. The van der Waals surface area contributed by atoms with Crippen LogP contribution >= 0.6 is 0 Å². The van der Waals surface area contributed by atoms with Crippen LogP contribution in [0.15, 0.2) is 24.3 Å². The van der Waals surface area contributed by atoms with E-state index in [-0.39, 0.29) is 24.4 Å². The smallest absolute Gasteiger partial charge is 0.285 e. The lowest BCUT2D eigenvalue weighted by Gasteiger charge is -2.31. The van der Waals surface area contributed by atoms with E-state index < -0.39 is 0 Å². The highest BCUT2D eigenvalue weighted by atomic mass is 16.2. The van der Waals surface area contributed by atoms with Crippen molar-refractivity contribution in [2.45, 2.75) is 57.5 Å². The van der Waals surface area contributed by atoms with Gasteiger partial charge in [-0.2, -0.15) is 0 Å². The SMILES string of the molecule is C[C@@H]([NH2+]C1CCCCCC1)C(=O)N1CC(=O)Nc2ccccc21. The van der Waals surface area contributed by atoms with Crippen molar-refractivity contribution in [2.75, 3.05) is 16.8 Å². The fourth-order valence-electron chi connectivity index (χ4n) is 3.67. The number of rotatable bonds is 3. The standard InChI is InChI=1S/C18H25N3O2/c1-13(19-14-8-4-2-3-5-9-14)18(23)21-12-17(22)20-15-10-6-7-11-16(15)21/h6-7,10-11,13-14,19H,2-5,8-9,12H2,1H3,(H,20,22)/p+1/t13-/m1/s1. The number of quaternary nitrogens is 1. The second-order valence-electron chi connectivity index (χ2n) is 6.72. The van der Waals surface area contributed by atoms with Gasteiger partial charge in [-0.3, -0.25) is 14.5 Å². The van der Waals surface area contributed by atoms with Crippen LogP contribution in [0.2, 0.25) is 0 Å². The minimum atomic E-state index is -0.156. The van der Waals surface area contributed by atoms with Crippen LogP contribution in [0.1, 0.15) is 45.4 Å². The first-order valence-electron chi connectivity index (χ1n) is 8.70. The Labute approximate surface area is 137 Å². The number of benzene rings is 1. The van der Waals surface area contributed by atoms with Crippen LogP contribution in [-0.2, 0) is 9.59 Å². The number of amides is 2. The van der Waals surface area contributed by atoms with Crippen LogP contribution in [0.5, 0.6) is 0 Å². The zero-order chi connectivity index (χ0) is 16.2. The number of fused-ring (bicyclic) bond motifs is 1. The Hall–Kier alpha value is -1.88. The minimum Gasteiger partial charge on any atom is -0.334 e. The van der Waals surface area contributed by atoms with Gasteiger partial charge in [-0.1, -0.05) is 25.0 Å². The van der Waals surface area contributed by atoms with Gasteiger partial charge in [-0.05, 0) is 44.7 Å². The predicted octanol–water partition coefficient (Wildman–Crippen LogP) is 1.65. The molecule has 1 aromatic carbocycles. The molecule has 5 nitrogen and oxygen atoms in total. The molecule has 0 spiro atoms. The van der Waals surface area contributed by atoms with Gasteiger partial charge in [-0.15, -0.1) is 0 Å². The molecule has 0 radical (unpaired) electrons. The lowest BCUT2D eigenvalue weighted by atomic mass is 10.1. The van der Waals surface area contributed by atoms with Gasteiger partial charge in [0.15, 0.2) is 6.04 Å². The lowest BCUT2D eigenvalue weighted by Crippen LogP contribution is -2.96.